The molecule has 18 heavy (non-hydrogen) atoms. The van der Waals surface area contributed by atoms with Crippen molar-refractivity contribution in [3.8, 4) is 5.69 Å². The summed E-state index contributed by atoms with van der Waals surface area (Å²) in [5.74, 6) is -0.621. The van der Waals surface area contributed by atoms with Crippen LogP contribution in [0.1, 0.15) is 17.3 Å². The van der Waals surface area contributed by atoms with Crippen LogP contribution in [0.3, 0.4) is 0 Å². The van der Waals surface area contributed by atoms with Crippen LogP contribution < -0.4 is 5.56 Å². The van der Waals surface area contributed by atoms with E-state index in [-0.39, 0.29) is 12.2 Å². The summed E-state index contributed by atoms with van der Waals surface area (Å²) in [5, 5.41) is 2.74. The van der Waals surface area contributed by atoms with Crippen molar-refractivity contribution < 1.29 is 9.53 Å². The van der Waals surface area contributed by atoms with Gasteiger partial charge in [-0.05, 0) is 35.0 Å². The molecular weight excluding hydrogens is 300 g/mol. The monoisotopic (exact) mass is 310 g/mol. The van der Waals surface area contributed by atoms with Gasteiger partial charge < -0.3 is 4.74 Å². The van der Waals surface area contributed by atoms with Crippen LogP contribution >= 0.6 is 15.9 Å². The Hall–Kier alpha value is -1.82. The van der Waals surface area contributed by atoms with Gasteiger partial charge in [-0.25, -0.2) is 9.48 Å². The molecule has 0 fully saturated rings. The van der Waals surface area contributed by atoms with E-state index in [9.17, 15) is 9.59 Å². The quantitative estimate of drug-likeness (QED) is 0.883. The second-order valence-electron chi connectivity index (χ2n) is 3.50. The number of carbonyl (C=O) groups is 1. The van der Waals surface area contributed by atoms with Crippen molar-refractivity contribution in [3.63, 3.8) is 0 Å². The molecule has 0 spiro atoms. The summed E-state index contributed by atoms with van der Waals surface area (Å²) in [6, 6.07) is 7.22. The van der Waals surface area contributed by atoms with Gasteiger partial charge in [-0.15, -0.1) is 0 Å². The molecule has 0 aliphatic carbocycles. The van der Waals surface area contributed by atoms with Crippen LogP contribution in [0, 0.1) is 0 Å². The smallest absolute Gasteiger partial charge is 0.345 e. The van der Waals surface area contributed by atoms with Crippen LogP contribution in [0.15, 0.2) is 39.7 Å². The predicted molar refractivity (Wildman–Crippen MR) is 70.0 cm³/mol. The summed E-state index contributed by atoms with van der Waals surface area (Å²) in [7, 11) is 0. The third-order valence-corrected chi connectivity index (χ3v) is 3.03. The summed E-state index contributed by atoms with van der Waals surface area (Å²) in [6.45, 7) is 1.93. The third-order valence-electron chi connectivity index (χ3n) is 2.36. The maximum atomic E-state index is 12.0. The molecule has 0 atom stereocenters. The van der Waals surface area contributed by atoms with Gasteiger partial charge in [0.1, 0.15) is 5.56 Å². The molecule has 2 aromatic rings. The van der Waals surface area contributed by atoms with Crippen molar-refractivity contribution in [2.75, 3.05) is 6.61 Å². The van der Waals surface area contributed by atoms with E-state index >= 15 is 0 Å². The number of para-hydroxylation sites is 1. The van der Waals surface area contributed by atoms with Gasteiger partial charge in [-0.3, -0.25) is 9.89 Å². The first kappa shape index (κ1) is 12.6. The molecule has 2 rings (SSSR count). The fourth-order valence-corrected chi connectivity index (χ4v) is 2.00. The zero-order chi connectivity index (χ0) is 13.1. The minimum Gasteiger partial charge on any atom is -0.462 e. The number of aromatic nitrogens is 2. The zero-order valence-corrected chi connectivity index (χ0v) is 11.2. The Morgan fingerprint density at radius 2 is 2.17 bits per heavy atom. The molecule has 94 valence electrons. The summed E-state index contributed by atoms with van der Waals surface area (Å²) >= 11 is 3.35. The van der Waals surface area contributed by atoms with Gasteiger partial charge in [0.25, 0.3) is 5.56 Å². The van der Waals surface area contributed by atoms with Gasteiger partial charge in [0.2, 0.25) is 0 Å². The zero-order valence-electron chi connectivity index (χ0n) is 9.64. The van der Waals surface area contributed by atoms with E-state index in [1.54, 1.807) is 19.1 Å². The number of carbonyl (C=O) groups excluding carboxylic acids is 1. The molecule has 5 nitrogen and oxygen atoms in total. The van der Waals surface area contributed by atoms with Crippen LogP contribution in [0.4, 0.5) is 0 Å². The molecule has 6 heteroatoms. The molecule has 1 heterocycles. The molecule has 0 saturated carbocycles. The summed E-state index contributed by atoms with van der Waals surface area (Å²) in [6.07, 6.45) is 1.35. The highest BCUT2D eigenvalue weighted by molar-refractivity contribution is 9.10. The number of hydrogen-bond donors (Lipinski definition) is 1. The highest BCUT2D eigenvalue weighted by atomic mass is 79.9. The lowest BCUT2D eigenvalue weighted by Gasteiger charge is -2.03. The first-order valence-electron chi connectivity index (χ1n) is 5.37. The average Bonchev–Trinajstić information content (AvgIpc) is 2.72. The van der Waals surface area contributed by atoms with Crippen LogP contribution in [0.25, 0.3) is 5.69 Å². The van der Waals surface area contributed by atoms with Crippen molar-refractivity contribution >= 4 is 21.9 Å². The summed E-state index contributed by atoms with van der Waals surface area (Å²) in [4.78, 5) is 23.6. The Labute approximate surface area is 111 Å². The van der Waals surface area contributed by atoms with Crippen molar-refractivity contribution in [1.82, 2.24) is 9.78 Å². The van der Waals surface area contributed by atoms with E-state index in [4.69, 9.17) is 4.74 Å². The summed E-state index contributed by atoms with van der Waals surface area (Å²) < 4.78 is 6.85. The number of hydrogen-bond acceptors (Lipinski definition) is 3. The number of nitrogens with zero attached hydrogens (tertiary/aromatic N) is 1. The standard InChI is InChI=1S/C12H11BrN2O3/c1-2-18-12(17)8-7-14-15(11(8)16)10-6-4-3-5-9(10)13/h3-7,14H,2H2,1H3. The average molecular weight is 311 g/mol. The number of H-pyrrole nitrogens is 1. The second kappa shape index (κ2) is 5.22. The minimum absolute atomic E-state index is 0.00685. The SMILES string of the molecule is CCOC(=O)c1c[nH]n(-c2ccccc2Br)c1=O. The van der Waals surface area contributed by atoms with Gasteiger partial charge in [-0.2, -0.15) is 0 Å². The molecule has 0 radical (unpaired) electrons. The van der Waals surface area contributed by atoms with Crippen molar-refractivity contribution in [2.45, 2.75) is 6.92 Å². The Morgan fingerprint density at radius 1 is 1.44 bits per heavy atom. The summed E-state index contributed by atoms with van der Waals surface area (Å²) in [5.41, 5.74) is 0.200. The number of halogens is 1. The molecule has 0 aliphatic rings. The number of ether oxygens (including phenoxy) is 1. The van der Waals surface area contributed by atoms with Gasteiger partial charge in [0.05, 0.1) is 12.3 Å². The molecule has 1 N–H and O–H groups in total. The van der Waals surface area contributed by atoms with E-state index in [0.29, 0.717) is 5.69 Å². The number of nitrogens with one attached hydrogen (secondary N) is 1. The fourth-order valence-electron chi connectivity index (χ4n) is 1.54. The number of benzene rings is 1. The highest BCUT2D eigenvalue weighted by Crippen LogP contribution is 2.18. The molecule has 0 aliphatic heterocycles. The lowest BCUT2D eigenvalue weighted by atomic mass is 10.3. The number of aromatic amines is 1. The number of rotatable bonds is 3. The number of esters is 1. The van der Waals surface area contributed by atoms with Crippen molar-refractivity contribution in [3.05, 3.63) is 50.9 Å². The van der Waals surface area contributed by atoms with E-state index in [1.165, 1.54) is 10.9 Å². The maximum absolute atomic E-state index is 12.0. The first-order valence-corrected chi connectivity index (χ1v) is 6.17. The van der Waals surface area contributed by atoms with E-state index < -0.39 is 11.5 Å². The highest BCUT2D eigenvalue weighted by Gasteiger charge is 2.16. The molecule has 0 bridgehead atoms. The van der Waals surface area contributed by atoms with Crippen LogP contribution in [0.5, 0.6) is 0 Å². The van der Waals surface area contributed by atoms with Crippen LogP contribution in [-0.2, 0) is 4.74 Å². The molecular formula is C12H11BrN2O3. The molecule has 0 saturated heterocycles. The van der Waals surface area contributed by atoms with Crippen molar-refractivity contribution in [1.29, 1.82) is 0 Å². The topological polar surface area (TPSA) is 64.1 Å². The fraction of sp³-hybridized carbons (Fsp3) is 0.167. The van der Waals surface area contributed by atoms with E-state index in [2.05, 4.69) is 21.0 Å². The second-order valence-corrected chi connectivity index (χ2v) is 4.35. The Kier molecular flexibility index (Phi) is 3.66. The Bertz CT molecular complexity index is 630. The largest absolute Gasteiger partial charge is 0.462 e. The van der Waals surface area contributed by atoms with E-state index in [1.807, 2.05) is 12.1 Å². The van der Waals surface area contributed by atoms with Gasteiger partial charge in [-0.1, -0.05) is 12.1 Å². The Balaban J connectivity index is 2.47. The van der Waals surface area contributed by atoms with Gasteiger partial charge in [0.15, 0.2) is 0 Å². The molecule has 1 aromatic carbocycles. The van der Waals surface area contributed by atoms with Gasteiger partial charge in [0, 0.05) is 10.7 Å². The first-order chi connectivity index (χ1) is 8.65. The van der Waals surface area contributed by atoms with Gasteiger partial charge >= 0.3 is 5.97 Å². The maximum Gasteiger partial charge on any atom is 0.345 e. The molecule has 0 amide bonds. The normalized spacial score (nSPS) is 10.3. The van der Waals surface area contributed by atoms with Crippen LogP contribution in [0.2, 0.25) is 0 Å². The molecule has 1 aromatic heterocycles. The molecule has 0 unspecified atom stereocenters. The predicted octanol–water partition coefficient (Wildman–Crippen LogP) is 2.10. The minimum atomic E-state index is -0.621. The van der Waals surface area contributed by atoms with Crippen LogP contribution in [-0.4, -0.2) is 22.4 Å². The Morgan fingerprint density at radius 3 is 2.83 bits per heavy atom. The van der Waals surface area contributed by atoms with E-state index in [0.717, 1.165) is 4.47 Å². The lowest BCUT2D eigenvalue weighted by Crippen LogP contribution is -2.21. The van der Waals surface area contributed by atoms with Crippen molar-refractivity contribution in [2.24, 2.45) is 0 Å². The lowest BCUT2D eigenvalue weighted by molar-refractivity contribution is 0.0525. The third kappa shape index (κ3) is 2.24.